The fourth-order valence-electron chi connectivity index (χ4n) is 2.76. The number of fused-ring (bicyclic) bond motifs is 1. The van der Waals surface area contributed by atoms with Crippen molar-refractivity contribution in [2.45, 2.75) is 6.42 Å². The van der Waals surface area contributed by atoms with Crippen molar-refractivity contribution in [3.8, 4) is 11.3 Å². The smallest absolute Gasteiger partial charge is 0.234 e. The number of halogens is 2. The number of nitrogens with zero attached hydrogens (tertiary/aromatic N) is 3. The lowest BCUT2D eigenvalue weighted by molar-refractivity contribution is -0.115. The number of benzene rings is 2. The van der Waals surface area contributed by atoms with Crippen LogP contribution in [0.1, 0.15) is 5.56 Å². The predicted octanol–water partition coefficient (Wildman–Crippen LogP) is 4.37. The standard InChI is InChI=1S/C20H14ClFN4O/c21-16-7-6-14(18-12-26-11-15(22)10-23-20(26)25-18)9-17(16)24-19(27)8-13-4-2-1-3-5-13/h1-7,9-12H,8H2,(H,24,27). The molecular formula is C20H14ClFN4O. The summed E-state index contributed by atoms with van der Waals surface area (Å²) in [6.07, 6.45) is 4.34. The Morgan fingerprint density at radius 1 is 1.15 bits per heavy atom. The molecule has 2 heterocycles. The SMILES string of the molecule is O=C(Cc1ccccc1)Nc1cc(-c2cn3cc(F)cnc3n2)ccc1Cl. The molecule has 0 bridgehead atoms. The number of amides is 1. The number of carbonyl (C=O) groups excluding carboxylic acids is 1. The average molecular weight is 381 g/mol. The highest BCUT2D eigenvalue weighted by Crippen LogP contribution is 2.28. The highest BCUT2D eigenvalue weighted by atomic mass is 35.5. The van der Waals surface area contributed by atoms with E-state index in [0.29, 0.717) is 22.2 Å². The van der Waals surface area contributed by atoms with Gasteiger partial charge in [-0.25, -0.2) is 14.4 Å². The van der Waals surface area contributed by atoms with E-state index in [2.05, 4.69) is 15.3 Å². The molecule has 1 amide bonds. The largest absolute Gasteiger partial charge is 0.324 e. The third kappa shape index (κ3) is 3.80. The van der Waals surface area contributed by atoms with E-state index in [1.54, 1.807) is 24.4 Å². The third-order valence-electron chi connectivity index (χ3n) is 4.02. The second-order valence-corrected chi connectivity index (χ2v) is 6.42. The van der Waals surface area contributed by atoms with Gasteiger partial charge in [0.05, 0.1) is 29.0 Å². The van der Waals surface area contributed by atoms with Gasteiger partial charge in [0, 0.05) is 18.0 Å². The first-order chi connectivity index (χ1) is 13.1. The molecule has 5 nitrogen and oxygen atoms in total. The van der Waals surface area contributed by atoms with Gasteiger partial charge >= 0.3 is 0 Å². The summed E-state index contributed by atoms with van der Waals surface area (Å²) >= 11 is 6.23. The molecule has 0 saturated carbocycles. The van der Waals surface area contributed by atoms with Crippen LogP contribution in [0.25, 0.3) is 17.0 Å². The summed E-state index contributed by atoms with van der Waals surface area (Å²) in [5.41, 5.74) is 2.74. The van der Waals surface area contributed by atoms with Crippen molar-refractivity contribution in [1.82, 2.24) is 14.4 Å². The molecule has 7 heteroatoms. The molecule has 0 spiro atoms. The van der Waals surface area contributed by atoms with Crippen LogP contribution in [0, 0.1) is 5.82 Å². The van der Waals surface area contributed by atoms with E-state index in [4.69, 9.17) is 11.6 Å². The molecule has 4 rings (SSSR count). The number of hydrogen-bond donors (Lipinski definition) is 1. The van der Waals surface area contributed by atoms with Crippen LogP contribution in [0.15, 0.2) is 67.1 Å². The zero-order valence-corrected chi connectivity index (χ0v) is 14.8. The summed E-state index contributed by atoms with van der Waals surface area (Å²) in [6, 6.07) is 14.7. The molecule has 0 saturated heterocycles. The number of hydrogen-bond acceptors (Lipinski definition) is 3. The van der Waals surface area contributed by atoms with Crippen molar-refractivity contribution in [1.29, 1.82) is 0 Å². The summed E-state index contributed by atoms with van der Waals surface area (Å²) in [5, 5.41) is 3.25. The van der Waals surface area contributed by atoms with Gasteiger partial charge in [0.25, 0.3) is 0 Å². The average Bonchev–Trinajstić information content (AvgIpc) is 3.07. The Bertz CT molecular complexity index is 1130. The van der Waals surface area contributed by atoms with Crippen LogP contribution in [0.2, 0.25) is 5.02 Å². The van der Waals surface area contributed by atoms with Crippen LogP contribution < -0.4 is 5.32 Å². The minimum Gasteiger partial charge on any atom is -0.324 e. The molecule has 0 atom stereocenters. The lowest BCUT2D eigenvalue weighted by Gasteiger charge is -2.09. The monoisotopic (exact) mass is 380 g/mol. The van der Waals surface area contributed by atoms with E-state index in [9.17, 15) is 9.18 Å². The summed E-state index contributed by atoms with van der Waals surface area (Å²) in [4.78, 5) is 20.6. The minimum atomic E-state index is -0.448. The Balaban J connectivity index is 1.59. The Morgan fingerprint density at radius 2 is 1.96 bits per heavy atom. The molecule has 0 aliphatic rings. The third-order valence-corrected chi connectivity index (χ3v) is 4.35. The van der Waals surface area contributed by atoms with Gasteiger partial charge in [0.2, 0.25) is 11.7 Å². The normalized spacial score (nSPS) is 10.9. The Kier molecular flexibility index (Phi) is 4.56. The highest BCUT2D eigenvalue weighted by molar-refractivity contribution is 6.33. The van der Waals surface area contributed by atoms with Gasteiger partial charge in [-0.1, -0.05) is 48.0 Å². The van der Waals surface area contributed by atoms with Crippen LogP contribution >= 0.6 is 11.6 Å². The number of nitrogens with one attached hydrogen (secondary N) is 1. The van der Waals surface area contributed by atoms with Crippen LogP contribution in [0.3, 0.4) is 0 Å². The molecular weight excluding hydrogens is 367 g/mol. The van der Waals surface area contributed by atoms with Gasteiger partial charge in [-0.2, -0.15) is 0 Å². The van der Waals surface area contributed by atoms with Crippen molar-refractivity contribution in [3.05, 3.63) is 83.5 Å². The minimum absolute atomic E-state index is 0.168. The summed E-state index contributed by atoms with van der Waals surface area (Å²) < 4.78 is 14.8. The summed E-state index contributed by atoms with van der Waals surface area (Å²) in [7, 11) is 0. The van der Waals surface area contributed by atoms with E-state index < -0.39 is 5.82 Å². The van der Waals surface area contributed by atoms with Crippen molar-refractivity contribution in [2.75, 3.05) is 5.32 Å². The van der Waals surface area contributed by atoms with E-state index in [-0.39, 0.29) is 12.3 Å². The van der Waals surface area contributed by atoms with Crippen molar-refractivity contribution in [2.24, 2.45) is 0 Å². The maximum atomic E-state index is 13.3. The van der Waals surface area contributed by atoms with Crippen LogP contribution in [0.4, 0.5) is 10.1 Å². The Labute approximate surface area is 159 Å². The van der Waals surface area contributed by atoms with Crippen molar-refractivity contribution < 1.29 is 9.18 Å². The van der Waals surface area contributed by atoms with Gasteiger partial charge in [-0.15, -0.1) is 0 Å². The van der Waals surface area contributed by atoms with E-state index >= 15 is 0 Å². The Hall–Kier alpha value is -3.25. The molecule has 2 aromatic carbocycles. The maximum Gasteiger partial charge on any atom is 0.234 e. The van der Waals surface area contributed by atoms with Crippen molar-refractivity contribution in [3.63, 3.8) is 0 Å². The first-order valence-electron chi connectivity index (χ1n) is 8.22. The van der Waals surface area contributed by atoms with Gasteiger partial charge in [0.1, 0.15) is 0 Å². The fourth-order valence-corrected chi connectivity index (χ4v) is 2.92. The van der Waals surface area contributed by atoms with E-state index in [1.807, 2.05) is 30.3 Å². The molecule has 4 aromatic rings. The number of carbonyl (C=O) groups is 1. The first kappa shape index (κ1) is 17.2. The van der Waals surface area contributed by atoms with Crippen LogP contribution in [-0.4, -0.2) is 20.3 Å². The van der Waals surface area contributed by atoms with Crippen LogP contribution in [-0.2, 0) is 11.2 Å². The van der Waals surface area contributed by atoms with Gasteiger partial charge < -0.3 is 5.32 Å². The fraction of sp³-hybridized carbons (Fsp3) is 0.0500. The predicted molar refractivity (Wildman–Crippen MR) is 102 cm³/mol. The number of anilines is 1. The lowest BCUT2D eigenvalue weighted by Crippen LogP contribution is -2.14. The molecule has 0 unspecified atom stereocenters. The second kappa shape index (κ2) is 7.17. The second-order valence-electron chi connectivity index (χ2n) is 6.01. The summed E-state index contributed by atoms with van der Waals surface area (Å²) in [5.74, 6) is -0.230. The molecule has 0 fully saturated rings. The van der Waals surface area contributed by atoms with Crippen molar-refractivity contribution >= 4 is 29.0 Å². The molecule has 2 aromatic heterocycles. The molecule has 134 valence electrons. The quantitative estimate of drug-likeness (QED) is 0.572. The van der Waals surface area contributed by atoms with E-state index in [1.165, 1.54) is 10.6 Å². The van der Waals surface area contributed by atoms with Gasteiger partial charge in [0.15, 0.2) is 5.82 Å². The summed E-state index contributed by atoms with van der Waals surface area (Å²) in [6.45, 7) is 0. The van der Waals surface area contributed by atoms with Crippen LogP contribution in [0.5, 0.6) is 0 Å². The van der Waals surface area contributed by atoms with Gasteiger partial charge in [-0.05, 0) is 17.7 Å². The molecule has 27 heavy (non-hydrogen) atoms. The number of imidazole rings is 1. The zero-order chi connectivity index (χ0) is 18.8. The number of aromatic nitrogens is 3. The molecule has 0 aliphatic heterocycles. The Morgan fingerprint density at radius 3 is 2.78 bits per heavy atom. The van der Waals surface area contributed by atoms with E-state index in [0.717, 1.165) is 17.3 Å². The van der Waals surface area contributed by atoms with Gasteiger partial charge in [-0.3, -0.25) is 9.20 Å². The molecule has 0 aliphatic carbocycles. The topological polar surface area (TPSA) is 59.3 Å². The first-order valence-corrected chi connectivity index (χ1v) is 8.60. The zero-order valence-electron chi connectivity index (χ0n) is 14.1. The maximum absolute atomic E-state index is 13.3. The highest BCUT2D eigenvalue weighted by Gasteiger charge is 2.11. The molecule has 0 radical (unpaired) electrons. The molecule has 1 N–H and O–H groups in total. The lowest BCUT2D eigenvalue weighted by atomic mass is 10.1. The number of rotatable bonds is 4.